The standard InChI is InChI=1S/C22H34N4O2/c1-18-6-5-7-19(16-18)17-25-12-14-26(15-13-25)22(28)23-11-10-21(27)24-20-8-3-2-4-9-20/h5-7,16,20H,2-4,8-15,17H2,1H3,(H,23,28)(H,24,27). The summed E-state index contributed by atoms with van der Waals surface area (Å²) in [4.78, 5) is 28.6. The molecule has 2 aliphatic rings. The topological polar surface area (TPSA) is 64.7 Å². The highest BCUT2D eigenvalue weighted by atomic mass is 16.2. The number of rotatable bonds is 6. The molecule has 3 amide bonds. The third-order valence-electron chi connectivity index (χ3n) is 5.75. The van der Waals surface area contributed by atoms with Crippen molar-refractivity contribution in [3.63, 3.8) is 0 Å². The van der Waals surface area contributed by atoms with E-state index in [-0.39, 0.29) is 11.9 Å². The van der Waals surface area contributed by atoms with Crippen LogP contribution >= 0.6 is 0 Å². The van der Waals surface area contributed by atoms with E-state index in [9.17, 15) is 9.59 Å². The number of aryl methyl sites for hydroxylation is 1. The van der Waals surface area contributed by atoms with Gasteiger partial charge in [0.2, 0.25) is 5.91 Å². The molecule has 1 aromatic carbocycles. The Bertz CT molecular complexity index is 650. The van der Waals surface area contributed by atoms with Crippen molar-refractivity contribution in [2.75, 3.05) is 32.7 Å². The lowest BCUT2D eigenvalue weighted by atomic mass is 9.95. The van der Waals surface area contributed by atoms with Gasteiger partial charge in [0.05, 0.1) is 0 Å². The number of piperazine rings is 1. The summed E-state index contributed by atoms with van der Waals surface area (Å²) in [5, 5.41) is 5.99. The first-order chi connectivity index (χ1) is 13.6. The molecule has 0 aromatic heterocycles. The van der Waals surface area contributed by atoms with E-state index in [1.165, 1.54) is 30.4 Å². The highest BCUT2D eigenvalue weighted by Gasteiger charge is 2.21. The molecule has 2 N–H and O–H groups in total. The van der Waals surface area contributed by atoms with E-state index in [1.54, 1.807) is 0 Å². The Hall–Kier alpha value is -2.08. The molecule has 1 saturated heterocycles. The molecule has 28 heavy (non-hydrogen) atoms. The number of urea groups is 1. The Morgan fingerprint density at radius 2 is 1.82 bits per heavy atom. The van der Waals surface area contributed by atoms with Gasteiger partial charge in [-0.2, -0.15) is 0 Å². The third kappa shape index (κ3) is 6.51. The molecule has 1 heterocycles. The summed E-state index contributed by atoms with van der Waals surface area (Å²) in [5.74, 6) is 0.0511. The van der Waals surface area contributed by atoms with Gasteiger partial charge in [-0.1, -0.05) is 49.1 Å². The second-order valence-corrected chi connectivity index (χ2v) is 8.14. The molecule has 1 aromatic rings. The Balaban J connectivity index is 1.31. The minimum Gasteiger partial charge on any atom is -0.353 e. The smallest absolute Gasteiger partial charge is 0.317 e. The Morgan fingerprint density at radius 1 is 1.07 bits per heavy atom. The molecule has 1 saturated carbocycles. The summed E-state index contributed by atoms with van der Waals surface area (Å²) in [6, 6.07) is 8.86. The number of benzene rings is 1. The average molecular weight is 387 g/mol. The van der Waals surface area contributed by atoms with Crippen molar-refractivity contribution in [1.82, 2.24) is 20.4 Å². The molecule has 0 bridgehead atoms. The fraction of sp³-hybridized carbons (Fsp3) is 0.636. The molecule has 1 aliphatic carbocycles. The van der Waals surface area contributed by atoms with Crippen LogP contribution in [0.2, 0.25) is 0 Å². The number of hydrogen-bond donors (Lipinski definition) is 2. The van der Waals surface area contributed by atoms with Crippen LogP contribution in [-0.4, -0.2) is 60.5 Å². The maximum atomic E-state index is 12.3. The van der Waals surface area contributed by atoms with E-state index < -0.39 is 0 Å². The average Bonchev–Trinajstić information content (AvgIpc) is 2.69. The predicted molar refractivity (Wildman–Crippen MR) is 111 cm³/mol. The molecule has 0 radical (unpaired) electrons. The van der Waals surface area contributed by atoms with Crippen LogP contribution < -0.4 is 10.6 Å². The van der Waals surface area contributed by atoms with Gasteiger partial charge in [0, 0.05) is 51.7 Å². The zero-order valence-corrected chi connectivity index (χ0v) is 17.1. The summed E-state index contributed by atoms with van der Waals surface area (Å²) >= 11 is 0. The monoisotopic (exact) mass is 386 g/mol. The van der Waals surface area contributed by atoms with Crippen molar-refractivity contribution < 1.29 is 9.59 Å². The van der Waals surface area contributed by atoms with Crippen LogP contribution in [-0.2, 0) is 11.3 Å². The lowest BCUT2D eigenvalue weighted by Crippen LogP contribution is -2.51. The van der Waals surface area contributed by atoms with Crippen LogP contribution in [0.15, 0.2) is 24.3 Å². The van der Waals surface area contributed by atoms with Gasteiger partial charge >= 0.3 is 6.03 Å². The van der Waals surface area contributed by atoms with Crippen molar-refractivity contribution >= 4 is 11.9 Å². The zero-order valence-electron chi connectivity index (χ0n) is 17.1. The fourth-order valence-electron chi connectivity index (χ4n) is 4.12. The third-order valence-corrected chi connectivity index (χ3v) is 5.75. The van der Waals surface area contributed by atoms with E-state index in [1.807, 2.05) is 4.90 Å². The SMILES string of the molecule is Cc1cccc(CN2CCN(C(=O)NCCC(=O)NC3CCCCC3)CC2)c1. The van der Waals surface area contributed by atoms with Crippen molar-refractivity contribution in [1.29, 1.82) is 0 Å². The molecule has 1 aliphatic heterocycles. The van der Waals surface area contributed by atoms with Gasteiger partial charge < -0.3 is 15.5 Å². The molecule has 0 unspecified atom stereocenters. The van der Waals surface area contributed by atoms with Gasteiger partial charge in [-0.3, -0.25) is 9.69 Å². The van der Waals surface area contributed by atoms with Gasteiger partial charge in [-0.25, -0.2) is 4.79 Å². The first-order valence-electron chi connectivity index (χ1n) is 10.7. The van der Waals surface area contributed by atoms with E-state index >= 15 is 0 Å². The normalized spacial score (nSPS) is 18.7. The first-order valence-corrected chi connectivity index (χ1v) is 10.7. The highest BCUT2D eigenvalue weighted by Crippen LogP contribution is 2.17. The molecule has 3 rings (SSSR count). The van der Waals surface area contributed by atoms with Crippen molar-refractivity contribution in [3.05, 3.63) is 35.4 Å². The second-order valence-electron chi connectivity index (χ2n) is 8.14. The number of hydrogen-bond acceptors (Lipinski definition) is 3. The predicted octanol–water partition coefficient (Wildman–Crippen LogP) is 2.66. The van der Waals surface area contributed by atoms with Gasteiger partial charge in [-0.05, 0) is 25.3 Å². The minimum atomic E-state index is -0.0549. The number of nitrogens with one attached hydrogen (secondary N) is 2. The van der Waals surface area contributed by atoms with Crippen molar-refractivity contribution in [3.8, 4) is 0 Å². The van der Waals surface area contributed by atoms with Gasteiger partial charge in [0.25, 0.3) is 0 Å². The Labute approximate surface area is 168 Å². The van der Waals surface area contributed by atoms with Crippen LogP contribution in [0.1, 0.15) is 49.7 Å². The largest absolute Gasteiger partial charge is 0.353 e. The van der Waals surface area contributed by atoms with Gasteiger partial charge in [0.15, 0.2) is 0 Å². The van der Waals surface area contributed by atoms with E-state index in [4.69, 9.17) is 0 Å². The summed E-state index contributed by atoms with van der Waals surface area (Å²) in [7, 11) is 0. The van der Waals surface area contributed by atoms with Crippen LogP contribution in [0.4, 0.5) is 4.79 Å². The first kappa shape index (κ1) is 20.6. The van der Waals surface area contributed by atoms with Crippen LogP contribution in [0.3, 0.4) is 0 Å². The highest BCUT2D eigenvalue weighted by molar-refractivity contribution is 5.78. The van der Waals surface area contributed by atoms with Crippen LogP contribution in [0, 0.1) is 6.92 Å². The molecule has 6 heteroatoms. The van der Waals surface area contributed by atoms with Crippen LogP contribution in [0.5, 0.6) is 0 Å². The van der Waals surface area contributed by atoms with Gasteiger partial charge in [-0.15, -0.1) is 0 Å². The number of carbonyl (C=O) groups is 2. The minimum absolute atomic E-state index is 0.0511. The quantitative estimate of drug-likeness (QED) is 0.790. The lowest BCUT2D eigenvalue weighted by Gasteiger charge is -2.34. The summed E-state index contributed by atoms with van der Waals surface area (Å²) in [6.07, 6.45) is 6.22. The number of nitrogens with zero attached hydrogens (tertiary/aromatic N) is 2. The lowest BCUT2D eigenvalue weighted by molar-refractivity contribution is -0.121. The molecular weight excluding hydrogens is 352 g/mol. The van der Waals surface area contributed by atoms with E-state index in [0.29, 0.717) is 19.0 Å². The molecule has 6 nitrogen and oxygen atoms in total. The molecule has 154 valence electrons. The van der Waals surface area contributed by atoms with Crippen LogP contribution in [0.25, 0.3) is 0 Å². The number of carbonyl (C=O) groups excluding carboxylic acids is 2. The number of amides is 3. The maximum Gasteiger partial charge on any atom is 0.317 e. The van der Waals surface area contributed by atoms with Crippen molar-refractivity contribution in [2.24, 2.45) is 0 Å². The Morgan fingerprint density at radius 3 is 2.54 bits per heavy atom. The molecule has 0 atom stereocenters. The van der Waals surface area contributed by atoms with Gasteiger partial charge in [0.1, 0.15) is 0 Å². The maximum absolute atomic E-state index is 12.3. The molecule has 0 spiro atoms. The van der Waals surface area contributed by atoms with E-state index in [2.05, 4.69) is 46.7 Å². The summed E-state index contributed by atoms with van der Waals surface area (Å²) in [5.41, 5.74) is 2.60. The molecule has 2 fully saturated rings. The summed E-state index contributed by atoms with van der Waals surface area (Å²) < 4.78 is 0. The summed E-state index contributed by atoms with van der Waals surface area (Å²) in [6.45, 7) is 6.66. The second kappa shape index (κ2) is 10.5. The Kier molecular flexibility index (Phi) is 7.71. The molecular formula is C22H34N4O2. The van der Waals surface area contributed by atoms with Crippen molar-refractivity contribution in [2.45, 2.75) is 58.0 Å². The zero-order chi connectivity index (χ0) is 19.8. The fourth-order valence-corrected chi connectivity index (χ4v) is 4.12. The van der Waals surface area contributed by atoms with E-state index in [0.717, 1.165) is 45.6 Å².